The number of ether oxygens (including phenoxy) is 2. The first-order chi connectivity index (χ1) is 9.22. The smallest absolute Gasteiger partial charge is 0.160 e. The highest BCUT2D eigenvalue weighted by molar-refractivity contribution is 5.43. The molecule has 4 nitrogen and oxygen atoms in total. The molecule has 0 radical (unpaired) electrons. The molecule has 0 aliphatic rings. The van der Waals surface area contributed by atoms with Crippen LogP contribution in [0.2, 0.25) is 0 Å². The summed E-state index contributed by atoms with van der Waals surface area (Å²) in [5.41, 5.74) is 0.997. The maximum Gasteiger partial charge on any atom is 0.160 e. The third-order valence-electron chi connectivity index (χ3n) is 2.94. The van der Waals surface area contributed by atoms with Gasteiger partial charge < -0.3 is 19.0 Å². The Morgan fingerprint density at radius 1 is 1.11 bits per heavy atom. The van der Waals surface area contributed by atoms with Crippen molar-refractivity contribution in [2.75, 3.05) is 14.2 Å². The number of methoxy groups -OCH3 is 2. The molecule has 0 aliphatic carbocycles. The lowest BCUT2D eigenvalue weighted by atomic mass is 10.0. The zero-order valence-electron chi connectivity index (χ0n) is 11.1. The van der Waals surface area contributed by atoms with E-state index in [0.29, 0.717) is 24.3 Å². The van der Waals surface area contributed by atoms with Gasteiger partial charge in [-0.3, -0.25) is 0 Å². The van der Waals surface area contributed by atoms with E-state index in [4.69, 9.17) is 13.9 Å². The number of aliphatic hydroxyl groups is 1. The lowest BCUT2D eigenvalue weighted by Crippen LogP contribution is -2.13. The lowest BCUT2D eigenvalue weighted by Gasteiger charge is -2.12. The zero-order valence-corrected chi connectivity index (χ0v) is 11.1. The topological polar surface area (TPSA) is 51.8 Å². The van der Waals surface area contributed by atoms with Crippen LogP contribution in [0.15, 0.2) is 41.0 Å². The molecule has 0 amide bonds. The molecule has 0 saturated carbocycles. The maximum absolute atomic E-state index is 10.0. The van der Waals surface area contributed by atoms with Gasteiger partial charge in [0.1, 0.15) is 5.76 Å². The average molecular weight is 262 g/mol. The standard InChI is InChI=1S/C15H18O4/c1-17-14-6-5-11(9-15(14)18-2)8-12(16)10-13-4-3-7-19-13/h3-7,9,12,16H,8,10H2,1-2H3. The van der Waals surface area contributed by atoms with Crippen molar-refractivity contribution in [2.24, 2.45) is 0 Å². The third-order valence-corrected chi connectivity index (χ3v) is 2.94. The molecule has 0 bridgehead atoms. The van der Waals surface area contributed by atoms with E-state index in [1.54, 1.807) is 20.5 Å². The normalized spacial score (nSPS) is 12.2. The molecule has 1 aromatic heterocycles. The van der Waals surface area contributed by atoms with Crippen molar-refractivity contribution in [3.05, 3.63) is 47.9 Å². The number of furan rings is 1. The van der Waals surface area contributed by atoms with Crippen LogP contribution in [0.5, 0.6) is 11.5 Å². The van der Waals surface area contributed by atoms with E-state index >= 15 is 0 Å². The summed E-state index contributed by atoms with van der Waals surface area (Å²) >= 11 is 0. The van der Waals surface area contributed by atoms with Crippen molar-refractivity contribution in [1.82, 2.24) is 0 Å². The van der Waals surface area contributed by atoms with E-state index < -0.39 is 6.10 Å². The van der Waals surface area contributed by atoms with E-state index in [1.807, 2.05) is 30.3 Å². The average Bonchev–Trinajstić information content (AvgIpc) is 2.91. The van der Waals surface area contributed by atoms with Gasteiger partial charge in [-0.1, -0.05) is 6.07 Å². The molecular formula is C15H18O4. The second-order valence-corrected chi connectivity index (χ2v) is 4.33. The minimum atomic E-state index is -0.482. The second kappa shape index (κ2) is 6.29. The highest BCUT2D eigenvalue weighted by Gasteiger charge is 2.11. The van der Waals surface area contributed by atoms with E-state index in [2.05, 4.69) is 0 Å². The Morgan fingerprint density at radius 2 is 1.89 bits per heavy atom. The number of rotatable bonds is 6. The first kappa shape index (κ1) is 13.5. The molecule has 0 spiro atoms. The van der Waals surface area contributed by atoms with Gasteiger partial charge >= 0.3 is 0 Å². The summed E-state index contributed by atoms with van der Waals surface area (Å²) in [6.07, 6.45) is 2.17. The molecule has 0 aliphatic heterocycles. The fourth-order valence-corrected chi connectivity index (χ4v) is 2.01. The van der Waals surface area contributed by atoms with Crippen LogP contribution in [0, 0.1) is 0 Å². The first-order valence-electron chi connectivity index (χ1n) is 6.14. The molecule has 2 rings (SSSR count). The highest BCUT2D eigenvalue weighted by Crippen LogP contribution is 2.28. The molecule has 19 heavy (non-hydrogen) atoms. The minimum Gasteiger partial charge on any atom is -0.493 e. The van der Waals surface area contributed by atoms with Gasteiger partial charge in [0.2, 0.25) is 0 Å². The first-order valence-corrected chi connectivity index (χ1v) is 6.14. The summed E-state index contributed by atoms with van der Waals surface area (Å²) < 4.78 is 15.6. The van der Waals surface area contributed by atoms with Gasteiger partial charge in [0.15, 0.2) is 11.5 Å². The predicted octanol–water partition coefficient (Wildman–Crippen LogP) is 2.44. The van der Waals surface area contributed by atoms with Gasteiger partial charge in [-0.2, -0.15) is 0 Å². The van der Waals surface area contributed by atoms with Crippen LogP contribution in [-0.2, 0) is 12.8 Å². The third kappa shape index (κ3) is 3.51. The summed E-state index contributed by atoms with van der Waals surface area (Å²) in [6, 6.07) is 9.32. The molecule has 2 aromatic rings. The van der Waals surface area contributed by atoms with Crippen molar-refractivity contribution in [1.29, 1.82) is 0 Å². The van der Waals surface area contributed by atoms with E-state index in [-0.39, 0.29) is 0 Å². The number of hydrogen-bond donors (Lipinski definition) is 1. The van der Waals surface area contributed by atoms with Crippen molar-refractivity contribution >= 4 is 0 Å². The van der Waals surface area contributed by atoms with Crippen molar-refractivity contribution in [3.8, 4) is 11.5 Å². The van der Waals surface area contributed by atoms with E-state index in [9.17, 15) is 5.11 Å². The second-order valence-electron chi connectivity index (χ2n) is 4.33. The van der Waals surface area contributed by atoms with Crippen LogP contribution in [0.1, 0.15) is 11.3 Å². The van der Waals surface area contributed by atoms with Gasteiger partial charge in [0.25, 0.3) is 0 Å². The van der Waals surface area contributed by atoms with Crippen LogP contribution in [0.25, 0.3) is 0 Å². The van der Waals surface area contributed by atoms with E-state index in [1.165, 1.54) is 0 Å². The SMILES string of the molecule is COc1ccc(CC(O)Cc2ccco2)cc1OC. The fourth-order valence-electron chi connectivity index (χ4n) is 2.01. The van der Waals surface area contributed by atoms with Crippen LogP contribution < -0.4 is 9.47 Å². The molecule has 102 valence electrons. The van der Waals surface area contributed by atoms with Gasteiger partial charge in [0.05, 0.1) is 26.6 Å². The maximum atomic E-state index is 10.0. The zero-order chi connectivity index (χ0) is 13.7. The molecule has 4 heteroatoms. The Balaban J connectivity index is 2.02. The van der Waals surface area contributed by atoms with Crippen molar-refractivity contribution in [3.63, 3.8) is 0 Å². The number of hydrogen-bond acceptors (Lipinski definition) is 4. The van der Waals surface area contributed by atoms with Gasteiger partial charge in [-0.15, -0.1) is 0 Å². The summed E-state index contributed by atoms with van der Waals surface area (Å²) in [4.78, 5) is 0. The lowest BCUT2D eigenvalue weighted by molar-refractivity contribution is 0.167. The molecule has 1 unspecified atom stereocenters. The van der Waals surface area contributed by atoms with Gasteiger partial charge in [-0.25, -0.2) is 0 Å². The van der Waals surface area contributed by atoms with Crippen molar-refractivity contribution < 1.29 is 19.0 Å². The van der Waals surface area contributed by atoms with Crippen molar-refractivity contribution in [2.45, 2.75) is 18.9 Å². The Hall–Kier alpha value is -1.94. The summed E-state index contributed by atoms with van der Waals surface area (Å²) in [6.45, 7) is 0. The molecule has 0 saturated heterocycles. The summed E-state index contributed by atoms with van der Waals surface area (Å²) in [5, 5.41) is 10.0. The van der Waals surface area contributed by atoms with Crippen LogP contribution in [0.3, 0.4) is 0 Å². The minimum absolute atomic E-state index is 0.482. The van der Waals surface area contributed by atoms with Gasteiger partial charge in [0, 0.05) is 6.42 Å². The predicted molar refractivity (Wildman–Crippen MR) is 71.7 cm³/mol. The largest absolute Gasteiger partial charge is 0.493 e. The molecule has 1 heterocycles. The van der Waals surface area contributed by atoms with Crippen LogP contribution >= 0.6 is 0 Å². The summed E-state index contributed by atoms with van der Waals surface area (Å²) in [7, 11) is 3.20. The highest BCUT2D eigenvalue weighted by atomic mass is 16.5. The monoisotopic (exact) mass is 262 g/mol. The van der Waals surface area contributed by atoms with E-state index in [0.717, 1.165) is 11.3 Å². The number of benzene rings is 1. The summed E-state index contributed by atoms with van der Waals surface area (Å²) in [5.74, 6) is 2.14. The Kier molecular flexibility index (Phi) is 4.47. The Morgan fingerprint density at radius 3 is 2.53 bits per heavy atom. The van der Waals surface area contributed by atoms with Gasteiger partial charge in [-0.05, 0) is 36.2 Å². The quantitative estimate of drug-likeness (QED) is 0.868. The van der Waals surface area contributed by atoms with Crippen LogP contribution in [0.4, 0.5) is 0 Å². The molecule has 1 N–H and O–H groups in total. The Labute approximate surface area is 112 Å². The Bertz CT molecular complexity index is 505. The van der Waals surface area contributed by atoms with Crippen LogP contribution in [-0.4, -0.2) is 25.4 Å². The molecule has 1 atom stereocenters. The number of aliphatic hydroxyl groups excluding tert-OH is 1. The molecular weight excluding hydrogens is 244 g/mol. The molecule has 1 aromatic carbocycles. The molecule has 0 fully saturated rings. The fraction of sp³-hybridized carbons (Fsp3) is 0.333.